The van der Waals surface area contributed by atoms with Gasteiger partial charge in [0.25, 0.3) is 0 Å². The summed E-state index contributed by atoms with van der Waals surface area (Å²) in [6.45, 7) is 0. The number of benzene rings is 2. The molecule has 0 aliphatic rings. The van der Waals surface area contributed by atoms with E-state index < -0.39 is 0 Å². The molecule has 6 heteroatoms. The lowest BCUT2D eigenvalue weighted by molar-refractivity contribution is 0.355. The Hall–Kier alpha value is -3.17. The Kier molecular flexibility index (Phi) is 5.30. The molecule has 26 heavy (non-hydrogen) atoms. The van der Waals surface area contributed by atoms with Crippen LogP contribution in [-0.4, -0.2) is 19.2 Å². The molecule has 1 aromatic heterocycles. The molecule has 0 saturated carbocycles. The van der Waals surface area contributed by atoms with E-state index in [9.17, 15) is 9.65 Å². The van der Waals surface area contributed by atoms with Gasteiger partial charge in [-0.25, -0.2) is 9.37 Å². The van der Waals surface area contributed by atoms with Gasteiger partial charge in [0.2, 0.25) is 0 Å². The number of allylic oxidation sites excluding steroid dienone is 1. The minimum Gasteiger partial charge on any atom is -0.493 e. The number of halogens is 1. The summed E-state index contributed by atoms with van der Waals surface area (Å²) in [5.74, 6) is 0.938. The normalized spacial score (nSPS) is 11.1. The zero-order valence-corrected chi connectivity index (χ0v) is 15.0. The van der Waals surface area contributed by atoms with Gasteiger partial charge in [-0.2, -0.15) is 5.26 Å². The third kappa shape index (κ3) is 3.73. The van der Waals surface area contributed by atoms with Gasteiger partial charge in [-0.1, -0.05) is 12.1 Å². The topological polar surface area (TPSA) is 55.1 Å². The van der Waals surface area contributed by atoms with Gasteiger partial charge in [-0.3, -0.25) is 0 Å². The fourth-order valence-corrected chi connectivity index (χ4v) is 3.19. The van der Waals surface area contributed by atoms with Crippen molar-refractivity contribution < 1.29 is 13.9 Å². The number of rotatable bonds is 5. The standard InChI is InChI=1S/C20H15FN2O2S/c1-24-18-8-5-14(10-19(18)25-2)17-12-26-20(23-17)15(11-22)9-13-3-6-16(21)7-4-13/h3-10,12H,1-2H3/b15-9-. The van der Waals surface area contributed by atoms with E-state index in [-0.39, 0.29) is 5.82 Å². The van der Waals surface area contributed by atoms with E-state index in [4.69, 9.17) is 9.47 Å². The lowest BCUT2D eigenvalue weighted by Gasteiger charge is -2.08. The summed E-state index contributed by atoms with van der Waals surface area (Å²) in [7, 11) is 3.16. The Morgan fingerprint density at radius 2 is 1.85 bits per heavy atom. The highest BCUT2D eigenvalue weighted by Crippen LogP contribution is 2.33. The van der Waals surface area contributed by atoms with E-state index >= 15 is 0 Å². The van der Waals surface area contributed by atoms with E-state index in [1.807, 2.05) is 23.6 Å². The molecule has 130 valence electrons. The van der Waals surface area contributed by atoms with Crippen molar-refractivity contribution in [2.45, 2.75) is 0 Å². The van der Waals surface area contributed by atoms with Crippen LogP contribution >= 0.6 is 11.3 Å². The van der Waals surface area contributed by atoms with Crippen LogP contribution in [0.3, 0.4) is 0 Å². The molecule has 0 amide bonds. The molecule has 0 bridgehead atoms. The first-order valence-electron chi connectivity index (χ1n) is 7.70. The van der Waals surface area contributed by atoms with Crippen molar-refractivity contribution in [1.29, 1.82) is 5.26 Å². The lowest BCUT2D eigenvalue weighted by atomic mass is 10.1. The Labute approximate surface area is 154 Å². The van der Waals surface area contributed by atoms with Gasteiger partial charge >= 0.3 is 0 Å². The van der Waals surface area contributed by atoms with Crippen LogP contribution in [-0.2, 0) is 0 Å². The van der Waals surface area contributed by atoms with Crippen LogP contribution in [0, 0.1) is 17.1 Å². The summed E-state index contributed by atoms with van der Waals surface area (Å²) >= 11 is 1.37. The molecule has 3 aromatic rings. The van der Waals surface area contributed by atoms with Crippen molar-refractivity contribution >= 4 is 23.0 Å². The summed E-state index contributed by atoms with van der Waals surface area (Å²) in [5, 5.41) is 11.9. The largest absolute Gasteiger partial charge is 0.493 e. The fraction of sp³-hybridized carbons (Fsp3) is 0.100. The van der Waals surface area contributed by atoms with Gasteiger partial charge in [-0.05, 0) is 42.0 Å². The Morgan fingerprint density at radius 1 is 1.12 bits per heavy atom. The summed E-state index contributed by atoms with van der Waals surface area (Å²) in [4.78, 5) is 4.55. The summed E-state index contributed by atoms with van der Waals surface area (Å²) in [6, 6.07) is 13.7. The maximum absolute atomic E-state index is 13.0. The highest BCUT2D eigenvalue weighted by molar-refractivity contribution is 7.11. The first-order valence-corrected chi connectivity index (χ1v) is 8.58. The van der Waals surface area contributed by atoms with E-state index in [1.165, 1.54) is 23.5 Å². The molecule has 0 atom stereocenters. The summed E-state index contributed by atoms with van der Waals surface area (Å²) in [6.07, 6.45) is 1.69. The van der Waals surface area contributed by atoms with Gasteiger partial charge in [-0.15, -0.1) is 11.3 Å². The number of hydrogen-bond acceptors (Lipinski definition) is 5. The molecule has 0 N–H and O–H groups in total. The number of thiazole rings is 1. The highest BCUT2D eigenvalue weighted by atomic mass is 32.1. The van der Waals surface area contributed by atoms with Gasteiger partial charge in [0.1, 0.15) is 16.9 Å². The Balaban J connectivity index is 1.93. The maximum Gasteiger partial charge on any atom is 0.161 e. The van der Waals surface area contributed by atoms with Crippen LogP contribution in [0.1, 0.15) is 10.6 Å². The van der Waals surface area contributed by atoms with Gasteiger partial charge in [0.15, 0.2) is 11.5 Å². The van der Waals surface area contributed by atoms with Crippen molar-refractivity contribution in [3.8, 4) is 28.8 Å². The van der Waals surface area contributed by atoms with Gasteiger partial charge < -0.3 is 9.47 Å². The smallest absolute Gasteiger partial charge is 0.161 e. The number of hydrogen-bond donors (Lipinski definition) is 0. The molecule has 0 radical (unpaired) electrons. The molecule has 4 nitrogen and oxygen atoms in total. The van der Waals surface area contributed by atoms with Crippen molar-refractivity contribution in [3.63, 3.8) is 0 Å². The quantitative estimate of drug-likeness (QED) is 0.594. The molecule has 1 heterocycles. The lowest BCUT2D eigenvalue weighted by Crippen LogP contribution is -1.91. The van der Waals surface area contributed by atoms with Crippen LogP contribution in [0.25, 0.3) is 22.9 Å². The van der Waals surface area contributed by atoms with Crippen molar-refractivity contribution in [1.82, 2.24) is 4.98 Å². The fourth-order valence-electron chi connectivity index (χ4n) is 2.39. The predicted octanol–water partition coefficient (Wildman–Crippen LogP) is 5.03. The maximum atomic E-state index is 13.0. The second-order valence-corrected chi connectivity index (χ2v) is 6.19. The van der Waals surface area contributed by atoms with E-state index in [1.54, 1.807) is 32.4 Å². The number of aromatic nitrogens is 1. The predicted molar refractivity (Wildman–Crippen MR) is 101 cm³/mol. The zero-order valence-electron chi connectivity index (χ0n) is 14.2. The molecule has 0 fully saturated rings. The second-order valence-electron chi connectivity index (χ2n) is 5.33. The summed E-state index contributed by atoms with van der Waals surface area (Å²) in [5.41, 5.74) is 2.77. The Bertz CT molecular complexity index is 988. The number of nitriles is 1. The highest BCUT2D eigenvalue weighted by Gasteiger charge is 2.12. The summed E-state index contributed by atoms with van der Waals surface area (Å²) < 4.78 is 23.6. The average Bonchev–Trinajstić information content (AvgIpc) is 3.17. The molecule has 0 saturated heterocycles. The van der Waals surface area contributed by atoms with Crippen LogP contribution in [0.5, 0.6) is 11.5 Å². The number of nitrogens with zero attached hydrogens (tertiary/aromatic N) is 2. The third-order valence-electron chi connectivity index (χ3n) is 3.72. The van der Waals surface area contributed by atoms with Gasteiger partial charge in [0, 0.05) is 10.9 Å². The van der Waals surface area contributed by atoms with Crippen molar-refractivity contribution in [2.75, 3.05) is 14.2 Å². The molecule has 0 unspecified atom stereocenters. The molecule has 0 spiro atoms. The average molecular weight is 366 g/mol. The zero-order chi connectivity index (χ0) is 18.5. The van der Waals surface area contributed by atoms with Gasteiger partial charge in [0.05, 0.1) is 25.5 Å². The van der Waals surface area contributed by atoms with E-state index in [2.05, 4.69) is 11.1 Å². The van der Waals surface area contributed by atoms with Crippen LogP contribution in [0.4, 0.5) is 4.39 Å². The monoisotopic (exact) mass is 366 g/mol. The minimum atomic E-state index is -0.314. The molecular formula is C20H15FN2O2S. The van der Waals surface area contributed by atoms with Crippen molar-refractivity contribution in [2.24, 2.45) is 0 Å². The minimum absolute atomic E-state index is 0.314. The van der Waals surface area contributed by atoms with Crippen molar-refractivity contribution in [3.05, 3.63) is 64.2 Å². The molecular weight excluding hydrogens is 351 g/mol. The first kappa shape index (κ1) is 17.6. The third-order valence-corrected chi connectivity index (χ3v) is 4.59. The molecule has 0 aliphatic carbocycles. The molecule has 0 aliphatic heterocycles. The number of methoxy groups -OCH3 is 2. The van der Waals surface area contributed by atoms with Crippen LogP contribution in [0.15, 0.2) is 47.8 Å². The molecule has 2 aromatic carbocycles. The van der Waals surface area contributed by atoms with E-state index in [0.29, 0.717) is 22.1 Å². The van der Waals surface area contributed by atoms with Crippen LogP contribution < -0.4 is 9.47 Å². The molecule has 3 rings (SSSR count). The SMILES string of the molecule is COc1ccc(-c2csc(/C(C#N)=C\c3ccc(F)cc3)n2)cc1OC. The Morgan fingerprint density at radius 3 is 2.50 bits per heavy atom. The number of ether oxygens (including phenoxy) is 2. The first-order chi connectivity index (χ1) is 12.6. The van der Waals surface area contributed by atoms with E-state index in [0.717, 1.165) is 16.8 Å². The van der Waals surface area contributed by atoms with Crippen LogP contribution in [0.2, 0.25) is 0 Å². The second kappa shape index (κ2) is 7.81.